The first-order chi connectivity index (χ1) is 10.0. The fraction of sp³-hybridized carbons (Fsp3) is 0.154. The van der Waals surface area contributed by atoms with E-state index in [0.29, 0.717) is 11.1 Å². The molecule has 108 valence electrons. The molecule has 0 amide bonds. The van der Waals surface area contributed by atoms with Gasteiger partial charge in [-0.25, -0.2) is 14.8 Å². The first-order valence-corrected chi connectivity index (χ1v) is 5.97. The zero-order valence-electron chi connectivity index (χ0n) is 11.1. The van der Waals surface area contributed by atoms with Crippen LogP contribution in [-0.2, 0) is 11.3 Å². The maximum atomic E-state index is 11.8. The van der Waals surface area contributed by atoms with E-state index < -0.39 is 10.9 Å². The summed E-state index contributed by atoms with van der Waals surface area (Å²) < 4.78 is 5.07. The molecule has 0 saturated heterocycles. The van der Waals surface area contributed by atoms with Crippen molar-refractivity contribution >= 4 is 17.5 Å². The van der Waals surface area contributed by atoms with E-state index in [9.17, 15) is 14.9 Å². The Labute approximate surface area is 119 Å². The molecule has 0 spiro atoms. The molecule has 0 aliphatic rings. The molecule has 1 aromatic heterocycles. The van der Waals surface area contributed by atoms with Crippen LogP contribution in [-0.4, -0.2) is 20.9 Å². The Morgan fingerprint density at radius 3 is 2.76 bits per heavy atom. The van der Waals surface area contributed by atoms with Crippen LogP contribution in [0, 0.1) is 17.0 Å². The third-order valence-corrected chi connectivity index (χ3v) is 2.89. The molecular weight excluding hydrogens is 276 g/mol. The Morgan fingerprint density at radius 1 is 1.38 bits per heavy atom. The van der Waals surface area contributed by atoms with Crippen LogP contribution in [0.25, 0.3) is 0 Å². The van der Waals surface area contributed by atoms with Crippen LogP contribution in [0.1, 0.15) is 21.6 Å². The molecule has 0 radical (unpaired) electrons. The highest BCUT2D eigenvalue weighted by atomic mass is 16.6. The molecule has 0 aliphatic heterocycles. The first-order valence-electron chi connectivity index (χ1n) is 5.97. The second-order valence-corrected chi connectivity index (χ2v) is 4.18. The summed E-state index contributed by atoms with van der Waals surface area (Å²) in [6.45, 7) is 1.49. The summed E-state index contributed by atoms with van der Waals surface area (Å²) in [4.78, 5) is 29.7. The second kappa shape index (κ2) is 5.95. The van der Waals surface area contributed by atoms with Crippen LogP contribution >= 0.6 is 0 Å². The van der Waals surface area contributed by atoms with Crippen LogP contribution in [0.3, 0.4) is 0 Å². The summed E-state index contributed by atoms with van der Waals surface area (Å²) in [5.74, 6) is -0.759. The highest BCUT2D eigenvalue weighted by Gasteiger charge is 2.17. The van der Waals surface area contributed by atoms with Crippen molar-refractivity contribution < 1.29 is 14.5 Å². The van der Waals surface area contributed by atoms with Crippen molar-refractivity contribution in [3.05, 3.63) is 57.5 Å². The summed E-state index contributed by atoms with van der Waals surface area (Å²) in [6, 6.07) is 4.57. The Balaban J connectivity index is 2.14. The number of nitro benzene ring substituents is 1. The number of carbonyl (C=O) groups excluding carboxylic acids is 1. The van der Waals surface area contributed by atoms with Crippen molar-refractivity contribution in [2.24, 2.45) is 0 Å². The minimum Gasteiger partial charge on any atom is -0.456 e. The minimum absolute atomic E-state index is 0.0254. The Bertz CT molecular complexity index is 702. The number of hydrogen-bond donors (Lipinski definition) is 1. The van der Waals surface area contributed by atoms with Gasteiger partial charge in [-0.3, -0.25) is 10.1 Å². The lowest BCUT2D eigenvalue weighted by Crippen LogP contribution is -2.12. The van der Waals surface area contributed by atoms with Gasteiger partial charge in [-0.1, -0.05) is 12.1 Å². The van der Waals surface area contributed by atoms with Gasteiger partial charge in [-0.05, 0) is 12.5 Å². The van der Waals surface area contributed by atoms with E-state index in [2.05, 4.69) is 9.97 Å². The van der Waals surface area contributed by atoms with Gasteiger partial charge < -0.3 is 10.5 Å². The van der Waals surface area contributed by atoms with E-state index >= 15 is 0 Å². The third kappa shape index (κ3) is 3.11. The quantitative estimate of drug-likeness (QED) is 0.515. The maximum absolute atomic E-state index is 11.8. The molecule has 0 aliphatic carbocycles. The molecule has 0 saturated carbocycles. The number of carbonyl (C=O) groups is 1. The van der Waals surface area contributed by atoms with Crippen LogP contribution < -0.4 is 5.73 Å². The van der Waals surface area contributed by atoms with Gasteiger partial charge in [0, 0.05) is 24.0 Å². The number of nitro groups is 1. The molecule has 0 bridgehead atoms. The molecule has 8 heteroatoms. The lowest BCUT2D eigenvalue weighted by atomic mass is 10.1. The monoisotopic (exact) mass is 288 g/mol. The summed E-state index contributed by atoms with van der Waals surface area (Å²) in [5, 5.41) is 10.8. The number of aromatic nitrogens is 2. The zero-order valence-corrected chi connectivity index (χ0v) is 11.1. The van der Waals surface area contributed by atoms with Crippen LogP contribution in [0.5, 0.6) is 0 Å². The molecule has 8 nitrogen and oxygen atoms in total. The zero-order chi connectivity index (χ0) is 15.4. The largest absolute Gasteiger partial charge is 0.456 e. The average molecular weight is 288 g/mol. The molecule has 2 aromatic rings. The predicted octanol–water partition coefficient (Wildman–Crippen LogP) is 1.63. The van der Waals surface area contributed by atoms with Crippen molar-refractivity contribution in [1.82, 2.24) is 9.97 Å². The van der Waals surface area contributed by atoms with Crippen LogP contribution in [0.2, 0.25) is 0 Å². The number of nitrogens with zero attached hydrogens (tertiary/aromatic N) is 3. The number of ether oxygens (including phenoxy) is 1. The highest BCUT2D eigenvalue weighted by molar-refractivity contribution is 5.91. The molecule has 1 aromatic carbocycles. The second-order valence-electron chi connectivity index (χ2n) is 4.18. The summed E-state index contributed by atoms with van der Waals surface area (Å²) >= 11 is 0. The number of benzene rings is 1. The van der Waals surface area contributed by atoms with Crippen LogP contribution in [0.4, 0.5) is 11.5 Å². The Kier molecular flexibility index (Phi) is 4.07. The van der Waals surface area contributed by atoms with Gasteiger partial charge in [0.15, 0.2) is 11.5 Å². The standard InChI is InChI=1S/C13H12N4O4/c1-8-9(3-2-4-10(8)17(19)20)7-21-13(18)11-12(14)16-6-5-15-11/h2-6H,7H2,1H3,(H2,14,16). The molecule has 0 fully saturated rings. The van der Waals surface area contributed by atoms with Gasteiger partial charge in [-0.15, -0.1) is 0 Å². The first kappa shape index (κ1) is 14.4. The number of nitrogen functional groups attached to an aromatic ring is 1. The van der Waals surface area contributed by atoms with Gasteiger partial charge in [0.25, 0.3) is 5.69 Å². The lowest BCUT2D eigenvalue weighted by Gasteiger charge is -2.08. The molecule has 2 rings (SSSR count). The van der Waals surface area contributed by atoms with Crippen molar-refractivity contribution in [1.29, 1.82) is 0 Å². The molecule has 0 unspecified atom stereocenters. The van der Waals surface area contributed by atoms with Crippen molar-refractivity contribution in [2.45, 2.75) is 13.5 Å². The number of esters is 1. The molecular formula is C13H12N4O4. The summed E-state index contributed by atoms with van der Waals surface area (Å²) in [5.41, 5.74) is 6.40. The van der Waals surface area contributed by atoms with E-state index in [1.165, 1.54) is 24.5 Å². The molecule has 1 heterocycles. The minimum atomic E-state index is -0.730. The maximum Gasteiger partial charge on any atom is 0.361 e. The third-order valence-electron chi connectivity index (χ3n) is 2.89. The number of anilines is 1. The topological polar surface area (TPSA) is 121 Å². The predicted molar refractivity (Wildman–Crippen MR) is 73.4 cm³/mol. The molecule has 21 heavy (non-hydrogen) atoms. The average Bonchev–Trinajstić information content (AvgIpc) is 2.46. The van der Waals surface area contributed by atoms with E-state index in [0.717, 1.165) is 0 Å². The summed E-state index contributed by atoms with van der Waals surface area (Å²) in [7, 11) is 0. The van der Waals surface area contributed by atoms with Gasteiger partial charge >= 0.3 is 5.97 Å². The van der Waals surface area contributed by atoms with Gasteiger partial charge in [-0.2, -0.15) is 0 Å². The van der Waals surface area contributed by atoms with Gasteiger partial charge in [0.05, 0.1) is 4.92 Å². The Morgan fingerprint density at radius 2 is 2.10 bits per heavy atom. The van der Waals surface area contributed by atoms with E-state index in [1.54, 1.807) is 13.0 Å². The Hall–Kier alpha value is -3.03. The lowest BCUT2D eigenvalue weighted by molar-refractivity contribution is -0.385. The van der Waals surface area contributed by atoms with Crippen LogP contribution in [0.15, 0.2) is 30.6 Å². The van der Waals surface area contributed by atoms with E-state index in [1.807, 2.05) is 0 Å². The molecule has 0 atom stereocenters. The highest BCUT2D eigenvalue weighted by Crippen LogP contribution is 2.22. The van der Waals surface area contributed by atoms with E-state index in [4.69, 9.17) is 10.5 Å². The smallest absolute Gasteiger partial charge is 0.361 e. The molecule has 2 N–H and O–H groups in total. The van der Waals surface area contributed by atoms with Crippen molar-refractivity contribution in [2.75, 3.05) is 5.73 Å². The van der Waals surface area contributed by atoms with E-state index in [-0.39, 0.29) is 23.8 Å². The fourth-order valence-corrected chi connectivity index (χ4v) is 1.74. The fourth-order valence-electron chi connectivity index (χ4n) is 1.74. The SMILES string of the molecule is Cc1c(COC(=O)c2nccnc2N)cccc1[N+](=O)[O-]. The summed E-state index contributed by atoms with van der Waals surface area (Å²) in [6.07, 6.45) is 2.68. The number of hydrogen-bond acceptors (Lipinski definition) is 7. The number of nitrogens with two attached hydrogens (primary N) is 1. The van der Waals surface area contributed by atoms with Gasteiger partial charge in [0.2, 0.25) is 0 Å². The van der Waals surface area contributed by atoms with Crippen molar-refractivity contribution in [3.63, 3.8) is 0 Å². The van der Waals surface area contributed by atoms with Gasteiger partial charge in [0.1, 0.15) is 6.61 Å². The normalized spacial score (nSPS) is 10.1. The number of rotatable bonds is 4. The van der Waals surface area contributed by atoms with Crippen molar-refractivity contribution in [3.8, 4) is 0 Å².